The Balaban J connectivity index is 2.32. The molecule has 0 aromatic rings. The molecule has 0 N–H and O–H groups in total. The maximum atomic E-state index is 11.3. The summed E-state index contributed by atoms with van der Waals surface area (Å²) in [6, 6.07) is 1.23. The molecular formula is C12H23NO2. The van der Waals surface area contributed by atoms with Crippen LogP contribution in [-0.4, -0.2) is 36.1 Å². The molecule has 3 nitrogen and oxygen atoms in total. The average Bonchev–Trinajstić information content (AvgIpc) is 2.17. The number of hydrogen-bond donors (Lipinski definition) is 0. The second-order valence-corrected chi connectivity index (χ2v) is 4.42. The Labute approximate surface area is 92.8 Å². The van der Waals surface area contributed by atoms with Gasteiger partial charge in [-0.1, -0.05) is 6.42 Å². The molecule has 0 aromatic heterocycles. The van der Waals surface area contributed by atoms with Crippen molar-refractivity contribution in [1.82, 2.24) is 4.90 Å². The number of likely N-dealkylation sites (tertiary alicyclic amines) is 1. The second kappa shape index (κ2) is 6.11. The number of ether oxygens (including phenoxy) is 1. The van der Waals surface area contributed by atoms with Crippen molar-refractivity contribution in [3.63, 3.8) is 0 Å². The van der Waals surface area contributed by atoms with Gasteiger partial charge in [0.1, 0.15) is 0 Å². The highest BCUT2D eigenvalue weighted by atomic mass is 16.5. The molecule has 15 heavy (non-hydrogen) atoms. The van der Waals surface area contributed by atoms with Crippen LogP contribution in [0.2, 0.25) is 0 Å². The van der Waals surface area contributed by atoms with E-state index in [1.165, 1.54) is 19.3 Å². The van der Waals surface area contributed by atoms with Gasteiger partial charge in [0.05, 0.1) is 13.0 Å². The minimum Gasteiger partial charge on any atom is -0.466 e. The predicted molar refractivity (Wildman–Crippen MR) is 60.7 cm³/mol. The van der Waals surface area contributed by atoms with E-state index in [0.29, 0.717) is 25.1 Å². The van der Waals surface area contributed by atoms with Gasteiger partial charge in [-0.3, -0.25) is 9.69 Å². The zero-order valence-electron chi connectivity index (χ0n) is 10.2. The first kappa shape index (κ1) is 12.5. The zero-order valence-corrected chi connectivity index (χ0v) is 10.2. The standard InChI is InChI=1S/C12H23NO2/c1-4-15-12(14)8-9-13-10(2)6-5-7-11(13)3/h10-11H,4-9H2,1-3H3/t10-,11-/m1/s1. The number of hydrogen-bond acceptors (Lipinski definition) is 3. The zero-order chi connectivity index (χ0) is 11.3. The molecule has 2 atom stereocenters. The molecule has 0 aromatic carbocycles. The van der Waals surface area contributed by atoms with Gasteiger partial charge in [0, 0.05) is 18.6 Å². The molecule has 0 aliphatic carbocycles. The number of carbonyl (C=O) groups is 1. The Bertz CT molecular complexity index is 196. The van der Waals surface area contributed by atoms with Crippen LogP contribution in [0.5, 0.6) is 0 Å². The Hall–Kier alpha value is -0.570. The summed E-state index contributed by atoms with van der Waals surface area (Å²) < 4.78 is 4.94. The molecule has 1 aliphatic heterocycles. The number of esters is 1. The Morgan fingerprint density at radius 2 is 1.93 bits per heavy atom. The summed E-state index contributed by atoms with van der Waals surface area (Å²) in [5.74, 6) is -0.0672. The van der Waals surface area contributed by atoms with Gasteiger partial charge < -0.3 is 4.74 Å². The van der Waals surface area contributed by atoms with E-state index in [0.717, 1.165) is 6.54 Å². The molecule has 0 unspecified atom stereocenters. The first-order chi connectivity index (χ1) is 7.15. The van der Waals surface area contributed by atoms with Gasteiger partial charge in [0.25, 0.3) is 0 Å². The van der Waals surface area contributed by atoms with E-state index in [9.17, 15) is 4.79 Å². The van der Waals surface area contributed by atoms with Crippen molar-refractivity contribution in [2.24, 2.45) is 0 Å². The van der Waals surface area contributed by atoms with Crippen molar-refractivity contribution in [2.45, 2.75) is 58.5 Å². The lowest BCUT2D eigenvalue weighted by Gasteiger charge is -2.38. The summed E-state index contributed by atoms with van der Waals surface area (Å²) in [5, 5.41) is 0. The molecule has 0 radical (unpaired) electrons. The summed E-state index contributed by atoms with van der Waals surface area (Å²) in [6.07, 6.45) is 4.36. The maximum Gasteiger partial charge on any atom is 0.307 e. The topological polar surface area (TPSA) is 29.5 Å². The van der Waals surface area contributed by atoms with E-state index in [4.69, 9.17) is 4.74 Å². The summed E-state index contributed by atoms with van der Waals surface area (Å²) in [5.41, 5.74) is 0. The van der Waals surface area contributed by atoms with E-state index < -0.39 is 0 Å². The van der Waals surface area contributed by atoms with Gasteiger partial charge >= 0.3 is 5.97 Å². The number of nitrogens with zero attached hydrogens (tertiary/aromatic N) is 1. The van der Waals surface area contributed by atoms with Crippen LogP contribution in [0.4, 0.5) is 0 Å². The van der Waals surface area contributed by atoms with Gasteiger partial charge in [-0.2, -0.15) is 0 Å². The van der Waals surface area contributed by atoms with Crippen molar-refractivity contribution in [1.29, 1.82) is 0 Å². The minimum absolute atomic E-state index is 0.0672. The van der Waals surface area contributed by atoms with Crippen molar-refractivity contribution in [2.75, 3.05) is 13.2 Å². The minimum atomic E-state index is -0.0672. The maximum absolute atomic E-state index is 11.3. The van der Waals surface area contributed by atoms with E-state index in [1.807, 2.05) is 6.92 Å². The van der Waals surface area contributed by atoms with E-state index in [-0.39, 0.29) is 5.97 Å². The Morgan fingerprint density at radius 3 is 2.47 bits per heavy atom. The Morgan fingerprint density at radius 1 is 1.33 bits per heavy atom. The smallest absolute Gasteiger partial charge is 0.307 e. The van der Waals surface area contributed by atoms with Crippen molar-refractivity contribution < 1.29 is 9.53 Å². The number of rotatable bonds is 4. The Kier molecular flexibility index (Phi) is 5.09. The molecule has 1 heterocycles. The third-order valence-corrected chi connectivity index (χ3v) is 3.26. The van der Waals surface area contributed by atoms with Gasteiger partial charge in [-0.25, -0.2) is 0 Å². The van der Waals surface area contributed by atoms with Gasteiger partial charge in [-0.15, -0.1) is 0 Å². The fourth-order valence-electron chi connectivity index (χ4n) is 2.37. The van der Waals surface area contributed by atoms with Crippen LogP contribution in [0.15, 0.2) is 0 Å². The molecule has 0 saturated carbocycles. The van der Waals surface area contributed by atoms with Crippen molar-refractivity contribution >= 4 is 5.97 Å². The van der Waals surface area contributed by atoms with Crippen LogP contribution in [-0.2, 0) is 9.53 Å². The molecule has 0 amide bonds. The summed E-state index contributed by atoms with van der Waals surface area (Å²) in [4.78, 5) is 13.7. The lowest BCUT2D eigenvalue weighted by Crippen LogP contribution is -2.44. The lowest BCUT2D eigenvalue weighted by molar-refractivity contribution is -0.143. The highest BCUT2D eigenvalue weighted by Crippen LogP contribution is 2.22. The number of piperidine rings is 1. The molecule has 1 fully saturated rings. The molecule has 0 spiro atoms. The fraction of sp³-hybridized carbons (Fsp3) is 0.917. The normalized spacial score (nSPS) is 27.7. The van der Waals surface area contributed by atoms with E-state index >= 15 is 0 Å². The highest BCUT2D eigenvalue weighted by molar-refractivity contribution is 5.69. The summed E-state index contributed by atoms with van der Waals surface area (Å²) in [6.45, 7) is 7.69. The van der Waals surface area contributed by atoms with Crippen LogP contribution >= 0.6 is 0 Å². The third-order valence-electron chi connectivity index (χ3n) is 3.26. The summed E-state index contributed by atoms with van der Waals surface area (Å²) in [7, 11) is 0. The van der Waals surface area contributed by atoms with Crippen LogP contribution < -0.4 is 0 Å². The van der Waals surface area contributed by atoms with E-state index in [1.54, 1.807) is 0 Å². The number of carbonyl (C=O) groups excluding carboxylic acids is 1. The van der Waals surface area contributed by atoms with E-state index in [2.05, 4.69) is 18.7 Å². The SMILES string of the molecule is CCOC(=O)CCN1[C@H](C)CCC[C@H]1C. The summed E-state index contributed by atoms with van der Waals surface area (Å²) >= 11 is 0. The molecule has 1 saturated heterocycles. The third kappa shape index (κ3) is 3.82. The van der Waals surface area contributed by atoms with Gasteiger partial charge in [-0.05, 0) is 33.6 Å². The molecule has 0 bridgehead atoms. The monoisotopic (exact) mass is 213 g/mol. The van der Waals surface area contributed by atoms with Gasteiger partial charge in [0.2, 0.25) is 0 Å². The quantitative estimate of drug-likeness (QED) is 0.670. The molecular weight excluding hydrogens is 190 g/mol. The average molecular weight is 213 g/mol. The lowest BCUT2D eigenvalue weighted by atomic mass is 9.97. The van der Waals surface area contributed by atoms with Crippen molar-refractivity contribution in [3.05, 3.63) is 0 Å². The first-order valence-corrected chi connectivity index (χ1v) is 6.06. The molecule has 88 valence electrons. The highest BCUT2D eigenvalue weighted by Gasteiger charge is 2.24. The predicted octanol–water partition coefficient (Wildman–Crippen LogP) is 2.20. The molecule has 3 heteroatoms. The van der Waals surface area contributed by atoms with Crippen LogP contribution in [0, 0.1) is 0 Å². The molecule has 1 rings (SSSR count). The first-order valence-electron chi connectivity index (χ1n) is 6.06. The largest absolute Gasteiger partial charge is 0.466 e. The molecule has 1 aliphatic rings. The van der Waals surface area contributed by atoms with Crippen LogP contribution in [0.3, 0.4) is 0 Å². The van der Waals surface area contributed by atoms with Crippen LogP contribution in [0.1, 0.15) is 46.5 Å². The fourth-order valence-corrected chi connectivity index (χ4v) is 2.37. The van der Waals surface area contributed by atoms with Gasteiger partial charge in [0.15, 0.2) is 0 Å². The second-order valence-electron chi connectivity index (χ2n) is 4.42. The van der Waals surface area contributed by atoms with Crippen molar-refractivity contribution in [3.8, 4) is 0 Å². The van der Waals surface area contributed by atoms with Crippen LogP contribution in [0.25, 0.3) is 0 Å².